The van der Waals surface area contributed by atoms with Crippen LogP contribution < -0.4 is 5.73 Å². The minimum Gasteiger partial charge on any atom is -0.382 e. The average Bonchev–Trinajstić information content (AvgIpc) is 3.24. The number of aryl methyl sites for hydroxylation is 1. The molecule has 23 heavy (non-hydrogen) atoms. The number of fused-ring (bicyclic) bond motifs is 1. The number of nitrogen functional groups attached to an aromatic ring is 1. The average molecular weight is 312 g/mol. The molecular formula is C15H20N8. The summed E-state index contributed by atoms with van der Waals surface area (Å²) in [6.07, 6.45) is 5.71. The molecule has 0 saturated carbocycles. The first kappa shape index (κ1) is 14.1. The Morgan fingerprint density at radius 3 is 3.04 bits per heavy atom. The Labute approximate surface area is 133 Å². The maximum absolute atomic E-state index is 6.04. The van der Waals surface area contributed by atoms with Gasteiger partial charge in [-0.05, 0) is 26.3 Å². The Hall–Kier alpha value is -2.48. The third-order valence-corrected chi connectivity index (χ3v) is 4.70. The third-order valence-electron chi connectivity index (χ3n) is 4.70. The van der Waals surface area contributed by atoms with Crippen LogP contribution >= 0.6 is 0 Å². The van der Waals surface area contributed by atoms with E-state index in [0.717, 1.165) is 31.8 Å². The van der Waals surface area contributed by atoms with Crippen molar-refractivity contribution in [2.45, 2.75) is 32.4 Å². The van der Waals surface area contributed by atoms with Crippen molar-refractivity contribution in [1.29, 1.82) is 0 Å². The number of H-pyrrole nitrogens is 1. The highest BCUT2D eigenvalue weighted by atomic mass is 15.3. The summed E-state index contributed by atoms with van der Waals surface area (Å²) in [6.45, 7) is 3.98. The van der Waals surface area contributed by atoms with E-state index in [4.69, 9.17) is 5.73 Å². The van der Waals surface area contributed by atoms with Gasteiger partial charge in [-0.1, -0.05) is 0 Å². The molecule has 3 aromatic rings. The Morgan fingerprint density at radius 1 is 1.39 bits per heavy atom. The van der Waals surface area contributed by atoms with Crippen molar-refractivity contribution in [1.82, 2.24) is 34.6 Å². The lowest BCUT2D eigenvalue weighted by Gasteiger charge is -2.23. The molecule has 1 unspecified atom stereocenters. The van der Waals surface area contributed by atoms with Crippen molar-refractivity contribution in [3.8, 4) is 0 Å². The second kappa shape index (κ2) is 5.31. The van der Waals surface area contributed by atoms with Crippen LogP contribution in [0.25, 0.3) is 11.2 Å². The highest BCUT2D eigenvalue weighted by Gasteiger charge is 2.29. The predicted octanol–water partition coefficient (Wildman–Crippen LogP) is 1.31. The fourth-order valence-corrected chi connectivity index (χ4v) is 3.25. The van der Waals surface area contributed by atoms with Gasteiger partial charge in [0.1, 0.15) is 5.52 Å². The van der Waals surface area contributed by atoms with E-state index in [1.165, 1.54) is 11.3 Å². The lowest BCUT2D eigenvalue weighted by Crippen LogP contribution is -2.25. The number of imidazole rings is 1. The van der Waals surface area contributed by atoms with E-state index in [1.54, 1.807) is 6.33 Å². The number of nitrogens with zero attached hydrogens (tertiary/aromatic N) is 6. The zero-order valence-electron chi connectivity index (χ0n) is 13.3. The molecule has 0 radical (unpaired) electrons. The molecule has 0 bridgehead atoms. The van der Waals surface area contributed by atoms with E-state index < -0.39 is 0 Å². The van der Waals surface area contributed by atoms with Gasteiger partial charge in [0.25, 0.3) is 0 Å². The van der Waals surface area contributed by atoms with Crippen LogP contribution in [-0.4, -0.2) is 41.2 Å². The minimum atomic E-state index is 0.179. The Morgan fingerprint density at radius 2 is 2.26 bits per heavy atom. The standard InChI is InChI=1S/C15H20N8/c1-9-10(6-19-22(9)2)7-23-5-3-4-11(23)14-20-13(16)12-15(21-14)18-8-17-12/h6,8,11H,3-5,7H2,1-2H3,(H3,16,17,18,20,21). The van der Waals surface area contributed by atoms with Gasteiger partial charge in [-0.2, -0.15) is 5.10 Å². The summed E-state index contributed by atoms with van der Waals surface area (Å²) in [4.78, 5) is 18.7. The molecule has 1 saturated heterocycles. The van der Waals surface area contributed by atoms with E-state index in [-0.39, 0.29) is 6.04 Å². The van der Waals surface area contributed by atoms with Crippen LogP contribution in [0.1, 0.15) is 36.0 Å². The van der Waals surface area contributed by atoms with Crippen molar-refractivity contribution in [2.75, 3.05) is 12.3 Å². The smallest absolute Gasteiger partial charge is 0.183 e. The maximum atomic E-state index is 6.04. The first-order chi connectivity index (χ1) is 11.1. The summed E-state index contributed by atoms with van der Waals surface area (Å²) in [5.41, 5.74) is 9.82. The normalized spacial score (nSPS) is 19.0. The third kappa shape index (κ3) is 2.35. The molecule has 1 aliphatic heterocycles. The van der Waals surface area contributed by atoms with Crippen LogP contribution in [0.3, 0.4) is 0 Å². The summed E-state index contributed by atoms with van der Waals surface area (Å²) < 4.78 is 1.91. The zero-order chi connectivity index (χ0) is 16.0. The number of nitrogens with one attached hydrogen (secondary N) is 1. The number of aromatic amines is 1. The number of anilines is 1. The van der Waals surface area contributed by atoms with Crippen LogP contribution in [0.4, 0.5) is 5.82 Å². The largest absolute Gasteiger partial charge is 0.382 e. The first-order valence-corrected chi connectivity index (χ1v) is 7.81. The van der Waals surface area contributed by atoms with Crippen molar-refractivity contribution >= 4 is 17.0 Å². The molecule has 1 aliphatic rings. The molecule has 4 heterocycles. The summed E-state index contributed by atoms with van der Waals surface area (Å²) >= 11 is 0. The van der Waals surface area contributed by atoms with Gasteiger partial charge in [-0.15, -0.1) is 0 Å². The molecule has 0 aromatic carbocycles. The number of aromatic nitrogens is 6. The number of hydrogen-bond donors (Lipinski definition) is 2. The fraction of sp³-hybridized carbons (Fsp3) is 0.467. The van der Waals surface area contributed by atoms with Crippen LogP contribution in [0.5, 0.6) is 0 Å². The number of rotatable bonds is 3. The molecule has 4 rings (SSSR count). The zero-order valence-corrected chi connectivity index (χ0v) is 13.3. The fourth-order valence-electron chi connectivity index (χ4n) is 3.25. The number of hydrogen-bond acceptors (Lipinski definition) is 6. The molecular weight excluding hydrogens is 292 g/mol. The van der Waals surface area contributed by atoms with Crippen molar-refractivity contribution in [3.05, 3.63) is 29.6 Å². The van der Waals surface area contributed by atoms with Gasteiger partial charge in [0.2, 0.25) is 0 Å². The Bertz CT molecular complexity index is 848. The Balaban J connectivity index is 1.65. The molecule has 0 spiro atoms. The van der Waals surface area contributed by atoms with E-state index in [9.17, 15) is 0 Å². The molecule has 120 valence electrons. The molecule has 8 heteroatoms. The number of nitrogens with two attached hydrogens (primary N) is 1. The van der Waals surface area contributed by atoms with E-state index in [0.29, 0.717) is 17.0 Å². The van der Waals surface area contributed by atoms with Crippen LogP contribution in [-0.2, 0) is 13.6 Å². The highest BCUT2D eigenvalue weighted by Crippen LogP contribution is 2.32. The van der Waals surface area contributed by atoms with Gasteiger partial charge in [0, 0.05) is 24.8 Å². The second-order valence-electron chi connectivity index (χ2n) is 6.08. The Kier molecular flexibility index (Phi) is 3.26. The van der Waals surface area contributed by atoms with E-state index >= 15 is 0 Å². The van der Waals surface area contributed by atoms with Gasteiger partial charge in [-0.3, -0.25) is 9.58 Å². The molecule has 0 amide bonds. The summed E-state index contributed by atoms with van der Waals surface area (Å²) in [7, 11) is 1.97. The van der Waals surface area contributed by atoms with Crippen LogP contribution in [0.15, 0.2) is 12.5 Å². The quantitative estimate of drug-likeness (QED) is 0.756. The molecule has 8 nitrogen and oxygen atoms in total. The maximum Gasteiger partial charge on any atom is 0.183 e. The van der Waals surface area contributed by atoms with Gasteiger partial charge in [0.05, 0.1) is 18.6 Å². The first-order valence-electron chi connectivity index (χ1n) is 7.81. The predicted molar refractivity (Wildman–Crippen MR) is 86.4 cm³/mol. The summed E-state index contributed by atoms with van der Waals surface area (Å²) in [6, 6.07) is 0.179. The highest BCUT2D eigenvalue weighted by molar-refractivity contribution is 5.80. The van der Waals surface area contributed by atoms with Crippen molar-refractivity contribution < 1.29 is 0 Å². The van der Waals surface area contributed by atoms with Crippen molar-refractivity contribution in [3.63, 3.8) is 0 Å². The molecule has 1 fully saturated rings. The molecule has 1 atom stereocenters. The van der Waals surface area contributed by atoms with Crippen LogP contribution in [0.2, 0.25) is 0 Å². The van der Waals surface area contributed by atoms with Gasteiger partial charge in [-0.25, -0.2) is 15.0 Å². The van der Waals surface area contributed by atoms with E-state index in [1.807, 2.05) is 17.9 Å². The molecule has 3 N–H and O–H groups in total. The molecule has 3 aromatic heterocycles. The van der Waals surface area contributed by atoms with Gasteiger partial charge < -0.3 is 10.7 Å². The summed E-state index contributed by atoms with van der Waals surface area (Å²) in [5, 5.41) is 4.33. The molecule has 0 aliphatic carbocycles. The van der Waals surface area contributed by atoms with Crippen LogP contribution in [0, 0.1) is 6.92 Å². The minimum absolute atomic E-state index is 0.179. The monoisotopic (exact) mass is 312 g/mol. The lowest BCUT2D eigenvalue weighted by atomic mass is 10.2. The second-order valence-corrected chi connectivity index (χ2v) is 6.08. The van der Waals surface area contributed by atoms with E-state index in [2.05, 4.69) is 36.9 Å². The van der Waals surface area contributed by atoms with Gasteiger partial charge >= 0.3 is 0 Å². The SMILES string of the molecule is Cc1c(CN2CCCC2c2nc(N)c3[nH]cnc3n2)cnn1C. The number of likely N-dealkylation sites (tertiary alicyclic amines) is 1. The van der Waals surface area contributed by atoms with Gasteiger partial charge in [0.15, 0.2) is 17.3 Å². The lowest BCUT2D eigenvalue weighted by molar-refractivity contribution is 0.240. The summed E-state index contributed by atoms with van der Waals surface area (Å²) in [5.74, 6) is 1.23. The van der Waals surface area contributed by atoms with Crippen molar-refractivity contribution in [2.24, 2.45) is 7.05 Å². The topological polar surface area (TPSA) is 102 Å².